The molecule has 0 radical (unpaired) electrons. The van der Waals surface area contributed by atoms with Crippen LogP contribution in [0.2, 0.25) is 0 Å². The van der Waals surface area contributed by atoms with Crippen molar-refractivity contribution >= 4 is 0 Å². The van der Waals surface area contributed by atoms with E-state index >= 15 is 0 Å². The van der Waals surface area contributed by atoms with E-state index in [1.807, 2.05) is 11.8 Å². The Morgan fingerprint density at radius 3 is 3.05 bits per heavy atom. The van der Waals surface area contributed by atoms with Gasteiger partial charge in [0.25, 0.3) is 0 Å². The molecule has 1 aliphatic rings. The van der Waals surface area contributed by atoms with Crippen LogP contribution in [0.4, 0.5) is 8.78 Å². The highest BCUT2D eigenvalue weighted by atomic mass is 19.2. The lowest BCUT2D eigenvalue weighted by molar-refractivity contribution is 0.0556. The molecule has 1 fully saturated rings. The van der Waals surface area contributed by atoms with E-state index in [2.05, 4.69) is 0 Å². The quantitative estimate of drug-likeness (QED) is 0.914. The van der Waals surface area contributed by atoms with Crippen molar-refractivity contribution < 1.29 is 18.6 Å². The summed E-state index contributed by atoms with van der Waals surface area (Å²) < 4.78 is 32.2. The normalized spacial score (nSPS) is 23.1. The Balaban J connectivity index is 2.03. The maximum atomic E-state index is 13.6. The molecule has 1 heterocycles. The first-order valence-electron chi connectivity index (χ1n) is 6.54. The van der Waals surface area contributed by atoms with E-state index in [-0.39, 0.29) is 18.2 Å². The number of rotatable bonds is 3. The molecule has 3 nitrogen and oxygen atoms in total. The minimum atomic E-state index is -1.03. The highest BCUT2D eigenvalue weighted by molar-refractivity contribution is 5.21. The maximum absolute atomic E-state index is 13.6. The van der Waals surface area contributed by atoms with E-state index in [1.165, 1.54) is 12.1 Å². The third kappa shape index (κ3) is 3.72. The summed E-state index contributed by atoms with van der Waals surface area (Å²) >= 11 is 0. The molecule has 0 amide bonds. The number of benzene rings is 1. The highest BCUT2D eigenvalue weighted by Crippen LogP contribution is 2.21. The SMILES string of the molecule is CC1CN(CC(O)c2cccc(F)c2F)CCCO1. The van der Waals surface area contributed by atoms with Crippen LogP contribution in [0.5, 0.6) is 0 Å². The fraction of sp³-hybridized carbons (Fsp3) is 0.571. The van der Waals surface area contributed by atoms with Crippen molar-refractivity contribution in [1.29, 1.82) is 0 Å². The van der Waals surface area contributed by atoms with E-state index in [1.54, 1.807) is 0 Å². The lowest BCUT2D eigenvalue weighted by atomic mass is 10.1. The fourth-order valence-electron chi connectivity index (χ4n) is 2.37. The number of aliphatic hydroxyl groups is 1. The molecule has 1 N–H and O–H groups in total. The number of hydrogen-bond acceptors (Lipinski definition) is 3. The van der Waals surface area contributed by atoms with Gasteiger partial charge in [-0.15, -0.1) is 0 Å². The van der Waals surface area contributed by atoms with E-state index in [4.69, 9.17) is 4.74 Å². The second-order valence-corrected chi connectivity index (χ2v) is 4.95. The molecule has 0 bridgehead atoms. The Hall–Kier alpha value is -1.04. The second-order valence-electron chi connectivity index (χ2n) is 4.95. The zero-order valence-corrected chi connectivity index (χ0v) is 11.0. The van der Waals surface area contributed by atoms with Crippen LogP contribution >= 0.6 is 0 Å². The van der Waals surface area contributed by atoms with Crippen molar-refractivity contribution in [1.82, 2.24) is 4.90 Å². The highest BCUT2D eigenvalue weighted by Gasteiger charge is 2.21. The molecular weight excluding hydrogens is 252 g/mol. The summed E-state index contributed by atoms with van der Waals surface area (Å²) in [6, 6.07) is 3.87. The molecule has 2 rings (SSSR count). The Morgan fingerprint density at radius 2 is 2.26 bits per heavy atom. The second kappa shape index (κ2) is 6.41. The van der Waals surface area contributed by atoms with Crippen LogP contribution in [0.3, 0.4) is 0 Å². The molecule has 2 unspecified atom stereocenters. The zero-order chi connectivity index (χ0) is 13.8. The summed E-state index contributed by atoms with van der Waals surface area (Å²) in [5.74, 6) is -1.89. The Morgan fingerprint density at radius 1 is 1.47 bits per heavy atom. The Bertz CT molecular complexity index is 428. The van der Waals surface area contributed by atoms with Gasteiger partial charge in [-0.1, -0.05) is 12.1 Å². The molecule has 1 saturated heterocycles. The van der Waals surface area contributed by atoms with Gasteiger partial charge in [0.2, 0.25) is 0 Å². The van der Waals surface area contributed by atoms with Crippen molar-refractivity contribution in [2.24, 2.45) is 0 Å². The zero-order valence-electron chi connectivity index (χ0n) is 11.0. The van der Waals surface area contributed by atoms with Crippen LogP contribution in [0.15, 0.2) is 18.2 Å². The van der Waals surface area contributed by atoms with Gasteiger partial charge in [0.1, 0.15) is 0 Å². The summed E-state index contributed by atoms with van der Waals surface area (Å²) in [4.78, 5) is 2.02. The number of ether oxygens (including phenoxy) is 1. The number of β-amino-alcohol motifs (C(OH)–C–C–N with tert-alkyl or cyclic N) is 1. The summed E-state index contributed by atoms with van der Waals surface area (Å²) in [7, 11) is 0. The van der Waals surface area contributed by atoms with Gasteiger partial charge in [0, 0.05) is 31.8 Å². The van der Waals surface area contributed by atoms with Crippen molar-refractivity contribution in [3.63, 3.8) is 0 Å². The van der Waals surface area contributed by atoms with E-state index < -0.39 is 17.7 Å². The molecule has 1 aromatic carbocycles. The summed E-state index contributed by atoms with van der Waals surface area (Å²) in [5.41, 5.74) is 0.0119. The molecule has 1 aliphatic heterocycles. The van der Waals surface area contributed by atoms with Gasteiger partial charge in [0.05, 0.1) is 12.2 Å². The first-order valence-corrected chi connectivity index (χ1v) is 6.54. The number of hydrogen-bond donors (Lipinski definition) is 1. The average Bonchev–Trinajstić information content (AvgIpc) is 2.57. The number of nitrogens with zero attached hydrogens (tertiary/aromatic N) is 1. The molecule has 1 aromatic rings. The summed E-state index contributed by atoms with van der Waals surface area (Å²) in [6.45, 7) is 4.43. The van der Waals surface area contributed by atoms with Crippen LogP contribution < -0.4 is 0 Å². The van der Waals surface area contributed by atoms with E-state index in [9.17, 15) is 13.9 Å². The molecule has 5 heteroatoms. The van der Waals surface area contributed by atoms with Crippen LogP contribution in [-0.4, -0.2) is 42.4 Å². The molecule has 0 spiro atoms. The molecule has 2 atom stereocenters. The first kappa shape index (κ1) is 14.4. The Kier molecular flexibility index (Phi) is 4.85. The van der Waals surface area contributed by atoms with Gasteiger partial charge < -0.3 is 9.84 Å². The number of aliphatic hydroxyl groups excluding tert-OH is 1. The third-order valence-electron chi connectivity index (χ3n) is 3.31. The predicted molar refractivity (Wildman–Crippen MR) is 67.8 cm³/mol. The molecule has 0 saturated carbocycles. The predicted octanol–water partition coefficient (Wildman–Crippen LogP) is 2.11. The molecule has 0 aliphatic carbocycles. The smallest absolute Gasteiger partial charge is 0.164 e. The number of halogens is 2. The van der Waals surface area contributed by atoms with Crippen molar-refractivity contribution in [2.75, 3.05) is 26.2 Å². The lowest BCUT2D eigenvalue weighted by Crippen LogP contribution is -2.34. The van der Waals surface area contributed by atoms with Gasteiger partial charge in [-0.05, 0) is 19.4 Å². The monoisotopic (exact) mass is 271 g/mol. The van der Waals surface area contributed by atoms with Gasteiger partial charge in [-0.2, -0.15) is 0 Å². The summed E-state index contributed by atoms with van der Waals surface area (Å²) in [6.07, 6.45) is -0.0593. The summed E-state index contributed by atoms with van der Waals surface area (Å²) in [5, 5.41) is 10.1. The van der Waals surface area contributed by atoms with Gasteiger partial charge in [0.15, 0.2) is 11.6 Å². The molecule has 0 aromatic heterocycles. The minimum Gasteiger partial charge on any atom is -0.387 e. The van der Waals surface area contributed by atoms with Gasteiger partial charge >= 0.3 is 0 Å². The largest absolute Gasteiger partial charge is 0.387 e. The van der Waals surface area contributed by atoms with E-state index in [0.717, 1.165) is 19.0 Å². The fourth-order valence-corrected chi connectivity index (χ4v) is 2.37. The van der Waals surface area contributed by atoms with Crippen LogP contribution in [-0.2, 0) is 4.74 Å². The molecule has 19 heavy (non-hydrogen) atoms. The maximum Gasteiger partial charge on any atom is 0.164 e. The average molecular weight is 271 g/mol. The first-order chi connectivity index (χ1) is 9.08. The standard InChI is InChI=1S/C14H19F2NO2/c1-10-8-17(6-3-7-19-10)9-13(18)11-4-2-5-12(15)14(11)16/h2,4-5,10,13,18H,3,6-9H2,1H3. The van der Waals surface area contributed by atoms with Crippen LogP contribution in [0.25, 0.3) is 0 Å². The lowest BCUT2D eigenvalue weighted by Gasteiger charge is -2.24. The van der Waals surface area contributed by atoms with Crippen LogP contribution in [0, 0.1) is 11.6 Å². The van der Waals surface area contributed by atoms with Crippen molar-refractivity contribution in [2.45, 2.75) is 25.6 Å². The van der Waals surface area contributed by atoms with Gasteiger partial charge in [-0.3, -0.25) is 4.90 Å². The topological polar surface area (TPSA) is 32.7 Å². The van der Waals surface area contributed by atoms with Crippen molar-refractivity contribution in [3.05, 3.63) is 35.4 Å². The minimum absolute atomic E-state index is 0.0119. The molecular formula is C14H19F2NO2. The van der Waals surface area contributed by atoms with Gasteiger partial charge in [-0.25, -0.2) is 8.78 Å². The molecule has 106 valence electrons. The van der Waals surface area contributed by atoms with Crippen LogP contribution in [0.1, 0.15) is 25.0 Å². The van der Waals surface area contributed by atoms with Crippen molar-refractivity contribution in [3.8, 4) is 0 Å². The Labute approximate surface area is 111 Å². The van der Waals surface area contributed by atoms with E-state index in [0.29, 0.717) is 13.2 Å². The third-order valence-corrected chi connectivity index (χ3v) is 3.31.